The van der Waals surface area contributed by atoms with Crippen molar-refractivity contribution >= 4 is 11.6 Å². The monoisotopic (exact) mass is 266 g/mol. The summed E-state index contributed by atoms with van der Waals surface area (Å²) in [4.78, 5) is 11.8. The zero-order valence-corrected chi connectivity index (χ0v) is 11.9. The number of nitrogens with one attached hydrogen (secondary N) is 1. The van der Waals surface area contributed by atoms with Crippen molar-refractivity contribution in [1.82, 2.24) is 0 Å². The minimum Gasteiger partial charge on any atom is -0.486 e. The van der Waals surface area contributed by atoms with Crippen LogP contribution in [0.15, 0.2) is 24.3 Å². The molecule has 0 aliphatic carbocycles. The topological polar surface area (TPSA) is 73.6 Å². The number of hydrogen-bond acceptors (Lipinski definition) is 4. The summed E-state index contributed by atoms with van der Waals surface area (Å²) in [6, 6.07) is 6.56. The summed E-state index contributed by atoms with van der Waals surface area (Å²) in [5, 5.41) is 2.75. The van der Waals surface area contributed by atoms with Gasteiger partial charge in [-0.15, -0.1) is 0 Å². The van der Waals surface area contributed by atoms with Gasteiger partial charge in [-0.2, -0.15) is 0 Å². The standard InChI is InChI=1S/C14H22N2O3/c1-14(2,3)19-12-8-6-5-7-11(12)16-13(17)10(15)9-18-4/h5-8,10H,9,15H2,1-4H3,(H,16,17). The Hall–Kier alpha value is -1.59. The average molecular weight is 266 g/mol. The minimum atomic E-state index is -0.701. The molecule has 1 rings (SSSR count). The Balaban J connectivity index is 2.81. The van der Waals surface area contributed by atoms with Gasteiger partial charge in [-0.05, 0) is 32.9 Å². The fourth-order valence-corrected chi connectivity index (χ4v) is 1.47. The van der Waals surface area contributed by atoms with Crippen LogP contribution < -0.4 is 15.8 Å². The molecule has 0 aliphatic heterocycles. The summed E-state index contributed by atoms with van der Waals surface area (Å²) in [7, 11) is 1.50. The normalized spacial score (nSPS) is 12.9. The Bertz CT molecular complexity index is 427. The fraction of sp³-hybridized carbons (Fsp3) is 0.500. The molecule has 1 amide bonds. The highest BCUT2D eigenvalue weighted by atomic mass is 16.5. The second-order valence-corrected chi connectivity index (χ2v) is 5.26. The molecule has 1 atom stereocenters. The molecule has 0 saturated carbocycles. The molecule has 5 heteroatoms. The molecule has 0 aromatic heterocycles. The number of amides is 1. The van der Waals surface area contributed by atoms with Crippen LogP contribution in [0.25, 0.3) is 0 Å². The lowest BCUT2D eigenvalue weighted by Gasteiger charge is -2.23. The fourth-order valence-electron chi connectivity index (χ4n) is 1.47. The van der Waals surface area contributed by atoms with Crippen LogP contribution in [0.1, 0.15) is 20.8 Å². The van der Waals surface area contributed by atoms with Gasteiger partial charge in [-0.3, -0.25) is 4.79 Å². The Morgan fingerprint density at radius 2 is 2.00 bits per heavy atom. The first-order chi connectivity index (χ1) is 8.83. The van der Waals surface area contributed by atoms with Gasteiger partial charge in [0.25, 0.3) is 0 Å². The summed E-state index contributed by atoms with van der Waals surface area (Å²) < 4.78 is 10.6. The third kappa shape index (κ3) is 5.28. The maximum Gasteiger partial charge on any atom is 0.243 e. The zero-order valence-electron chi connectivity index (χ0n) is 11.9. The molecule has 0 saturated heterocycles. The molecule has 0 heterocycles. The van der Waals surface area contributed by atoms with Gasteiger partial charge in [0.05, 0.1) is 12.3 Å². The maximum atomic E-state index is 11.8. The molecular weight excluding hydrogens is 244 g/mol. The van der Waals surface area contributed by atoms with E-state index in [1.54, 1.807) is 6.07 Å². The van der Waals surface area contributed by atoms with Crippen molar-refractivity contribution in [2.45, 2.75) is 32.4 Å². The van der Waals surface area contributed by atoms with E-state index in [0.29, 0.717) is 11.4 Å². The van der Waals surface area contributed by atoms with Crippen LogP contribution in [-0.2, 0) is 9.53 Å². The molecule has 0 bridgehead atoms. The largest absolute Gasteiger partial charge is 0.486 e. The first-order valence-electron chi connectivity index (χ1n) is 6.17. The summed E-state index contributed by atoms with van der Waals surface area (Å²) >= 11 is 0. The molecule has 19 heavy (non-hydrogen) atoms. The van der Waals surface area contributed by atoms with Gasteiger partial charge in [-0.1, -0.05) is 12.1 Å². The molecular formula is C14H22N2O3. The maximum absolute atomic E-state index is 11.8. The summed E-state index contributed by atoms with van der Waals surface area (Å²) in [6.45, 7) is 6.01. The molecule has 5 nitrogen and oxygen atoms in total. The highest BCUT2D eigenvalue weighted by Gasteiger charge is 2.18. The van der Waals surface area contributed by atoms with Crippen LogP contribution in [0.3, 0.4) is 0 Å². The molecule has 1 unspecified atom stereocenters. The lowest BCUT2D eigenvalue weighted by Crippen LogP contribution is -2.39. The number of methoxy groups -OCH3 is 1. The molecule has 0 spiro atoms. The predicted molar refractivity (Wildman–Crippen MR) is 75.3 cm³/mol. The second-order valence-electron chi connectivity index (χ2n) is 5.26. The van der Waals surface area contributed by atoms with Crippen molar-refractivity contribution in [1.29, 1.82) is 0 Å². The predicted octanol–water partition coefficient (Wildman–Crippen LogP) is 1.78. The number of nitrogens with two attached hydrogens (primary N) is 1. The van der Waals surface area contributed by atoms with Gasteiger partial charge >= 0.3 is 0 Å². The number of hydrogen-bond donors (Lipinski definition) is 2. The van der Waals surface area contributed by atoms with Crippen LogP contribution in [0.5, 0.6) is 5.75 Å². The summed E-state index contributed by atoms with van der Waals surface area (Å²) in [5.41, 5.74) is 5.94. The number of carbonyl (C=O) groups is 1. The number of ether oxygens (including phenoxy) is 2. The lowest BCUT2D eigenvalue weighted by atomic mass is 10.2. The summed E-state index contributed by atoms with van der Waals surface area (Å²) in [5.74, 6) is 0.319. The smallest absolute Gasteiger partial charge is 0.243 e. The SMILES string of the molecule is COCC(N)C(=O)Nc1ccccc1OC(C)(C)C. The van der Waals surface area contributed by atoms with Crippen LogP contribution in [-0.4, -0.2) is 31.3 Å². The van der Waals surface area contributed by atoms with Crippen LogP contribution >= 0.6 is 0 Å². The first kappa shape index (κ1) is 15.5. The van der Waals surface area contributed by atoms with Crippen molar-refractivity contribution in [3.05, 3.63) is 24.3 Å². The third-order valence-corrected chi connectivity index (χ3v) is 2.24. The van der Waals surface area contributed by atoms with Crippen LogP contribution in [0, 0.1) is 0 Å². The second kappa shape index (κ2) is 6.54. The highest BCUT2D eigenvalue weighted by molar-refractivity contribution is 5.96. The van der Waals surface area contributed by atoms with E-state index >= 15 is 0 Å². The van der Waals surface area contributed by atoms with E-state index in [9.17, 15) is 4.79 Å². The van der Waals surface area contributed by atoms with E-state index in [4.69, 9.17) is 15.2 Å². The molecule has 1 aromatic carbocycles. The summed E-state index contributed by atoms with van der Waals surface area (Å²) in [6.07, 6.45) is 0. The lowest BCUT2D eigenvalue weighted by molar-refractivity contribution is -0.118. The zero-order chi connectivity index (χ0) is 14.5. The van der Waals surface area contributed by atoms with E-state index < -0.39 is 6.04 Å². The number of carbonyl (C=O) groups excluding carboxylic acids is 1. The number of rotatable bonds is 5. The third-order valence-electron chi connectivity index (χ3n) is 2.24. The van der Waals surface area contributed by atoms with E-state index in [1.165, 1.54) is 7.11 Å². The van der Waals surface area contributed by atoms with Crippen molar-refractivity contribution in [3.63, 3.8) is 0 Å². The van der Waals surface area contributed by atoms with Crippen molar-refractivity contribution in [3.8, 4) is 5.75 Å². The molecule has 3 N–H and O–H groups in total. The van der Waals surface area contributed by atoms with Gasteiger partial charge in [-0.25, -0.2) is 0 Å². The Morgan fingerprint density at radius 1 is 1.37 bits per heavy atom. The van der Waals surface area contributed by atoms with E-state index in [-0.39, 0.29) is 18.1 Å². The first-order valence-corrected chi connectivity index (χ1v) is 6.17. The number of anilines is 1. The van der Waals surface area contributed by atoms with Crippen molar-refractivity contribution < 1.29 is 14.3 Å². The van der Waals surface area contributed by atoms with E-state index in [2.05, 4.69) is 5.32 Å². The average Bonchev–Trinajstić information content (AvgIpc) is 2.30. The van der Waals surface area contributed by atoms with Crippen LogP contribution in [0.2, 0.25) is 0 Å². The van der Waals surface area contributed by atoms with Crippen molar-refractivity contribution in [2.24, 2.45) is 5.73 Å². The minimum absolute atomic E-state index is 0.175. The quantitative estimate of drug-likeness (QED) is 0.852. The molecule has 0 radical (unpaired) electrons. The van der Waals surface area contributed by atoms with E-state index in [0.717, 1.165) is 0 Å². The van der Waals surface area contributed by atoms with Gasteiger partial charge < -0.3 is 20.5 Å². The molecule has 106 valence electrons. The van der Waals surface area contributed by atoms with Gasteiger partial charge in [0.1, 0.15) is 17.4 Å². The Labute approximate surface area is 114 Å². The van der Waals surface area contributed by atoms with Crippen LogP contribution in [0.4, 0.5) is 5.69 Å². The van der Waals surface area contributed by atoms with Gasteiger partial charge in [0, 0.05) is 7.11 Å². The Morgan fingerprint density at radius 3 is 2.58 bits per heavy atom. The van der Waals surface area contributed by atoms with Crippen molar-refractivity contribution in [2.75, 3.05) is 19.0 Å². The number of benzene rings is 1. The molecule has 0 aliphatic rings. The van der Waals surface area contributed by atoms with E-state index in [1.807, 2.05) is 39.0 Å². The Kier molecular flexibility index (Phi) is 5.32. The molecule has 1 aromatic rings. The molecule has 0 fully saturated rings. The highest BCUT2D eigenvalue weighted by Crippen LogP contribution is 2.27. The number of para-hydroxylation sites is 2. The van der Waals surface area contributed by atoms with Gasteiger partial charge in [0.2, 0.25) is 5.91 Å². The van der Waals surface area contributed by atoms with Gasteiger partial charge in [0.15, 0.2) is 0 Å².